The van der Waals surface area contributed by atoms with Crippen LogP contribution in [-0.4, -0.2) is 19.3 Å². The van der Waals surface area contributed by atoms with E-state index in [0.29, 0.717) is 0 Å². The molecule has 0 unspecified atom stereocenters. The molecule has 0 aliphatic heterocycles. The highest BCUT2D eigenvalue weighted by Gasteiger charge is 1.99. The Morgan fingerprint density at radius 1 is 1.19 bits per heavy atom. The van der Waals surface area contributed by atoms with Gasteiger partial charge in [-0.1, -0.05) is 18.2 Å². The first-order valence-corrected chi connectivity index (χ1v) is 7.71. The Bertz CT molecular complexity index is 635. The Kier molecular flexibility index (Phi) is 5.46. The molecule has 1 amide bonds. The number of hydrogen-bond acceptors (Lipinski definition) is 3. The Balaban J connectivity index is 1.98. The first-order chi connectivity index (χ1) is 10.2. The summed E-state index contributed by atoms with van der Waals surface area (Å²) in [7, 11) is 1.63. The lowest BCUT2D eigenvalue weighted by Gasteiger charge is -2.04. The van der Waals surface area contributed by atoms with Crippen LogP contribution < -0.4 is 10.1 Å². The molecule has 0 aromatic heterocycles. The van der Waals surface area contributed by atoms with Crippen LogP contribution in [0.15, 0.2) is 59.5 Å². The maximum atomic E-state index is 11.9. The van der Waals surface area contributed by atoms with E-state index in [-0.39, 0.29) is 5.91 Å². The van der Waals surface area contributed by atoms with Crippen LogP contribution in [0.3, 0.4) is 0 Å². The van der Waals surface area contributed by atoms with Crippen LogP contribution in [0.5, 0.6) is 5.75 Å². The van der Waals surface area contributed by atoms with Crippen molar-refractivity contribution in [2.75, 3.05) is 18.7 Å². The predicted molar refractivity (Wildman–Crippen MR) is 88.9 cm³/mol. The minimum atomic E-state index is -0.149. The molecule has 0 fully saturated rings. The highest BCUT2D eigenvalue weighted by atomic mass is 32.2. The third-order valence-corrected chi connectivity index (χ3v) is 3.61. The van der Waals surface area contributed by atoms with Gasteiger partial charge in [0.15, 0.2) is 0 Å². The van der Waals surface area contributed by atoms with Crippen LogP contribution in [0.25, 0.3) is 6.08 Å². The molecule has 21 heavy (non-hydrogen) atoms. The molecule has 0 atom stereocenters. The lowest BCUT2D eigenvalue weighted by Crippen LogP contribution is -2.07. The molecular formula is C17H17NO2S. The van der Waals surface area contributed by atoms with Crippen molar-refractivity contribution < 1.29 is 9.53 Å². The summed E-state index contributed by atoms with van der Waals surface area (Å²) in [6, 6.07) is 15.3. The first kappa shape index (κ1) is 15.2. The number of nitrogens with one attached hydrogen (secondary N) is 1. The molecule has 3 nitrogen and oxygen atoms in total. The van der Waals surface area contributed by atoms with E-state index in [2.05, 4.69) is 5.32 Å². The summed E-state index contributed by atoms with van der Waals surface area (Å²) >= 11 is 1.64. The van der Waals surface area contributed by atoms with Crippen molar-refractivity contribution in [3.05, 3.63) is 60.2 Å². The second-order valence-electron chi connectivity index (χ2n) is 4.33. The van der Waals surface area contributed by atoms with Gasteiger partial charge >= 0.3 is 0 Å². The van der Waals surface area contributed by atoms with E-state index in [4.69, 9.17) is 4.74 Å². The average Bonchev–Trinajstić information content (AvgIpc) is 2.53. The minimum Gasteiger partial charge on any atom is -0.497 e. The first-order valence-electron chi connectivity index (χ1n) is 6.48. The number of methoxy groups -OCH3 is 1. The molecule has 0 spiro atoms. The zero-order valence-electron chi connectivity index (χ0n) is 12.0. The lowest BCUT2D eigenvalue weighted by atomic mass is 10.2. The molecule has 0 aliphatic rings. The topological polar surface area (TPSA) is 38.3 Å². The number of ether oxygens (including phenoxy) is 1. The van der Waals surface area contributed by atoms with Gasteiger partial charge < -0.3 is 10.1 Å². The lowest BCUT2D eigenvalue weighted by molar-refractivity contribution is -0.111. The molecule has 108 valence electrons. The predicted octanol–water partition coefficient (Wildman–Crippen LogP) is 4.07. The van der Waals surface area contributed by atoms with Gasteiger partial charge in [-0.05, 0) is 48.2 Å². The molecule has 2 aromatic rings. The van der Waals surface area contributed by atoms with Crippen molar-refractivity contribution in [1.82, 2.24) is 0 Å². The van der Waals surface area contributed by atoms with E-state index in [1.165, 1.54) is 6.08 Å². The molecule has 2 rings (SSSR count). The number of carbonyl (C=O) groups is 1. The van der Waals surface area contributed by atoms with E-state index in [1.807, 2.05) is 54.8 Å². The van der Waals surface area contributed by atoms with Crippen molar-refractivity contribution in [3.63, 3.8) is 0 Å². The summed E-state index contributed by atoms with van der Waals surface area (Å²) in [6.07, 6.45) is 5.30. The number of amides is 1. The summed E-state index contributed by atoms with van der Waals surface area (Å²) in [5, 5.41) is 2.85. The number of carbonyl (C=O) groups excluding carboxylic acids is 1. The number of thioether (sulfide) groups is 1. The highest BCUT2D eigenvalue weighted by molar-refractivity contribution is 7.98. The van der Waals surface area contributed by atoms with Crippen LogP contribution in [0.4, 0.5) is 5.69 Å². The summed E-state index contributed by atoms with van der Waals surface area (Å²) in [6.45, 7) is 0. The van der Waals surface area contributed by atoms with E-state index < -0.39 is 0 Å². The fourth-order valence-corrected chi connectivity index (χ4v) is 2.23. The Hall–Kier alpha value is -2.20. The van der Waals surface area contributed by atoms with E-state index >= 15 is 0 Å². The van der Waals surface area contributed by atoms with Crippen LogP contribution in [0.2, 0.25) is 0 Å². The van der Waals surface area contributed by atoms with E-state index in [0.717, 1.165) is 21.9 Å². The Morgan fingerprint density at radius 2 is 1.95 bits per heavy atom. The molecule has 4 heteroatoms. The van der Waals surface area contributed by atoms with Crippen LogP contribution in [0.1, 0.15) is 5.56 Å². The minimum absolute atomic E-state index is 0.149. The number of hydrogen-bond donors (Lipinski definition) is 1. The van der Waals surface area contributed by atoms with Crippen molar-refractivity contribution in [2.24, 2.45) is 0 Å². The fraction of sp³-hybridized carbons (Fsp3) is 0.118. The smallest absolute Gasteiger partial charge is 0.248 e. The largest absolute Gasteiger partial charge is 0.497 e. The maximum Gasteiger partial charge on any atom is 0.248 e. The van der Waals surface area contributed by atoms with Gasteiger partial charge in [0.1, 0.15) is 5.75 Å². The average molecular weight is 299 g/mol. The van der Waals surface area contributed by atoms with E-state index in [9.17, 15) is 4.79 Å². The molecule has 0 radical (unpaired) electrons. The second kappa shape index (κ2) is 7.55. The van der Waals surface area contributed by atoms with Crippen molar-refractivity contribution >= 4 is 29.4 Å². The molecular weight excluding hydrogens is 282 g/mol. The normalized spacial score (nSPS) is 10.6. The number of benzene rings is 2. The molecule has 2 aromatic carbocycles. The quantitative estimate of drug-likeness (QED) is 0.668. The van der Waals surface area contributed by atoms with Gasteiger partial charge in [0.05, 0.1) is 7.11 Å². The Morgan fingerprint density at radius 3 is 2.62 bits per heavy atom. The highest BCUT2D eigenvalue weighted by Crippen LogP contribution is 2.19. The van der Waals surface area contributed by atoms with Crippen molar-refractivity contribution in [1.29, 1.82) is 0 Å². The molecule has 0 aliphatic carbocycles. The number of rotatable bonds is 5. The molecule has 0 bridgehead atoms. The van der Waals surface area contributed by atoms with Crippen LogP contribution >= 0.6 is 11.8 Å². The SMILES string of the molecule is COc1ccc(/C=C/C(=O)Nc2cccc(SC)c2)cc1. The van der Waals surface area contributed by atoms with Crippen LogP contribution in [-0.2, 0) is 4.79 Å². The summed E-state index contributed by atoms with van der Waals surface area (Å²) in [4.78, 5) is 13.0. The molecule has 0 saturated heterocycles. The number of anilines is 1. The fourth-order valence-electron chi connectivity index (χ4n) is 1.77. The van der Waals surface area contributed by atoms with Gasteiger partial charge in [-0.3, -0.25) is 4.79 Å². The zero-order valence-corrected chi connectivity index (χ0v) is 12.8. The van der Waals surface area contributed by atoms with Gasteiger partial charge in [0.2, 0.25) is 5.91 Å². The van der Waals surface area contributed by atoms with Crippen molar-refractivity contribution in [2.45, 2.75) is 4.90 Å². The van der Waals surface area contributed by atoms with Gasteiger partial charge in [-0.2, -0.15) is 0 Å². The zero-order chi connectivity index (χ0) is 15.1. The monoisotopic (exact) mass is 299 g/mol. The standard InChI is InChI=1S/C17H17NO2S/c1-20-15-9-6-13(7-10-15)8-11-17(19)18-14-4-3-5-16(12-14)21-2/h3-12H,1-2H3,(H,18,19)/b11-8+. The van der Waals surface area contributed by atoms with Gasteiger partial charge in [-0.25, -0.2) is 0 Å². The second-order valence-corrected chi connectivity index (χ2v) is 5.21. The van der Waals surface area contributed by atoms with E-state index in [1.54, 1.807) is 24.9 Å². The third-order valence-electron chi connectivity index (χ3n) is 2.88. The van der Waals surface area contributed by atoms with Gasteiger partial charge in [0.25, 0.3) is 0 Å². The van der Waals surface area contributed by atoms with Gasteiger partial charge in [0, 0.05) is 16.7 Å². The Labute approximate surface area is 129 Å². The molecule has 0 saturated carbocycles. The summed E-state index contributed by atoms with van der Waals surface area (Å²) < 4.78 is 5.09. The third kappa shape index (κ3) is 4.68. The maximum absolute atomic E-state index is 11.9. The molecule has 1 N–H and O–H groups in total. The van der Waals surface area contributed by atoms with Gasteiger partial charge in [-0.15, -0.1) is 11.8 Å². The molecule has 0 heterocycles. The van der Waals surface area contributed by atoms with Crippen molar-refractivity contribution in [3.8, 4) is 5.75 Å². The van der Waals surface area contributed by atoms with Crippen LogP contribution in [0, 0.1) is 0 Å². The summed E-state index contributed by atoms with van der Waals surface area (Å²) in [5.74, 6) is 0.648. The summed E-state index contributed by atoms with van der Waals surface area (Å²) in [5.41, 5.74) is 1.75.